The van der Waals surface area contributed by atoms with E-state index >= 15 is 0 Å². The molecule has 0 unspecified atom stereocenters. The highest BCUT2D eigenvalue weighted by Gasteiger charge is 2.29. The first kappa shape index (κ1) is 18.4. The molecule has 1 saturated carbocycles. The Kier molecular flexibility index (Phi) is 6.35. The Balaban J connectivity index is 0.00000208. The molecule has 3 rings (SSSR count). The van der Waals surface area contributed by atoms with Crippen molar-refractivity contribution in [3.8, 4) is 11.5 Å². The summed E-state index contributed by atoms with van der Waals surface area (Å²) >= 11 is 0. The van der Waals surface area contributed by atoms with Crippen molar-refractivity contribution in [1.82, 2.24) is 4.90 Å². The van der Waals surface area contributed by atoms with Crippen molar-refractivity contribution in [3.63, 3.8) is 0 Å². The maximum absolute atomic E-state index is 5.91. The number of hydrogen-bond donors (Lipinski definition) is 1. The van der Waals surface area contributed by atoms with Gasteiger partial charge in [-0.2, -0.15) is 0 Å². The molecule has 1 fully saturated rings. The van der Waals surface area contributed by atoms with Gasteiger partial charge in [0, 0.05) is 30.4 Å². The highest BCUT2D eigenvalue weighted by atomic mass is 35.5. The molecule has 130 valence electrons. The van der Waals surface area contributed by atoms with E-state index in [0.29, 0.717) is 6.04 Å². The van der Waals surface area contributed by atoms with Gasteiger partial charge in [0.2, 0.25) is 0 Å². The summed E-state index contributed by atoms with van der Waals surface area (Å²) in [6.07, 6.45) is 2.52. The summed E-state index contributed by atoms with van der Waals surface area (Å²) in [6.45, 7) is 1.75. The van der Waals surface area contributed by atoms with Crippen LogP contribution in [0.25, 0.3) is 0 Å². The van der Waals surface area contributed by atoms with Crippen LogP contribution in [0.1, 0.15) is 24.0 Å². The first-order valence-electron chi connectivity index (χ1n) is 7.99. The number of rotatable bonds is 7. The van der Waals surface area contributed by atoms with Gasteiger partial charge in [-0.15, -0.1) is 12.4 Å². The summed E-state index contributed by atoms with van der Waals surface area (Å²) in [6, 6.07) is 14.7. The first-order chi connectivity index (χ1) is 11.2. The SMILES string of the molecule is COc1ccc(OC)c(CN(Cc2cccc(N)c2)C2CC2)c1.Cl. The van der Waals surface area contributed by atoms with E-state index in [1.54, 1.807) is 14.2 Å². The second kappa shape index (κ2) is 8.27. The van der Waals surface area contributed by atoms with Gasteiger partial charge in [0.05, 0.1) is 14.2 Å². The maximum Gasteiger partial charge on any atom is 0.123 e. The van der Waals surface area contributed by atoms with Crippen LogP contribution < -0.4 is 15.2 Å². The Morgan fingerprint density at radius 3 is 2.46 bits per heavy atom. The van der Waals surface area contributed by atoms with Gasteiger partial charge in [-0.1, -0.05) is 12.1 Å². The number of nitrogen functional groups attached to an aromatic ring is 1. The van der Waals surface area contributed by atoms with Crippen LogP contribution in [0, 0.1) is 0 Å². The third kappa shape index (κ3) is 4.56. The van der Waals surface area contributed by atoms with Gasteiger partial charge < -0.3 is 15.2 Å². The third-order valence-corrected chi connectivity index (χ3v) is 4.26. The van der Waals surface area contributed by atoms with Gasteiger partial charge in [-0.05, 0) is 48.7 Å². The largest absolute Gasteiger partial charge is 0.497 e. The number of nitrogens with zero attached hydrogens (tertiary/aromatic N) is 1. The molecule has 2 aromatic rings. The van der Waals surface area contributed by atoms with Crippen LogP contribution in [0.4, 0.5) is 5.69 Å². The quantitative estimate of drug-likeness (QED) is 0.771. The molecule has 2 aromatic carbocycles. The predicted octanol–water partition coefficient (Wildman–Crippen LogP) is 3.87. The summed E-state index contributed by atoms with van der Waals surface area (Å²) in [5.41, 5.74) is 9.13. The van der Waals surface area contributed by atoms with Crippen molar-refractivity contribution in [2.45, 2.75) is 32.0 Å². The minimum Gasteiger partial charge on any atom is -0.497 e. The highest BCUT2D eigenvalue weighted by Crippen LogP contribution is 2.33. The van der Waals surface area contributed by atoms with Crippen LogP contribution in [-0.4, -0.2) is 25.2 Å². The molecule has 1 aliphatic rings. The van der Waals surface area contributed by atoms with E-state index < -0.39 is 0 Å². The lowest BCUT2D eigenvalue weighted by Gasteiger charge is -2.23. The lowest BCUT2D eigenvalue weighted by Crippen LogP contribution is -2.25. The number of nitrogens with two attached hydrogens (primary N) is 1. The van der Waals surface area contributed by atoms with E-state index in [0.717, 1.165) is 35.8 Å². The standard InChI is InChI=1S/C19H24N2O2.ClH/c1-22-18-8-9-19(23-2)15(11-18)13-21(17-6-7-17)12-14-4-3-5-16(20)10-14;/h3-5,8-11,17H,6-7,12-13,20H2,1-2H3;1H. The first-order valence-corrected chi connectivity index (χ1v) is 7.99. The number of halogens is 1. The predicted molar refractivity (Wildman–Crippen MR) is 99.9 cm³/mol. The molecular weight excluding hydrogens is 324 g/mol. The fourth-order valence-corrected chi connectivity index (χ4v) is 2.90. The van der Waals surface area contributed by atoms with Gasteiger partial charge >= 0.3 is 0 Å². The number of methoxy groups -OCH3 is 2. The lowest BCUT2D eigenvalue weighted by molar-refractivity contribution is 0.241. The number of benzene rings is 2. The van der Waals surface area contributed by atoms with Gasteiger partial charge in [0.15, 0.2) is 0 Å². The minimum absolute atomic E-state index is 0. The van der Waals surface area contributed by atoms with E-state index in [1.807, 2.05) is 24.3 Å². The minimum atomic E-state index is 0. The maximum atomic E-state index is 5.91. The van der Waals surface area contributed by atoms with Crippen molar-refractivity contribution < 1.29 is 9.47 Å². The molecule has 0 amide bonds. The summed E-state index contributed by atoms with van der Waals surface area (Å²) in [7, 11) is 3.40. The van der Waals surface area contributed by atoms with E-state index in [2.05, 4.69) is 23.1 Å². The summed E-state index contributed by atoms with van der Waals surface area (Å²) in [5, 5.41) is 0. The average Bonchev–Trinajstić information content (AvgIpc) is 3.39. The van der Waals surface area contributed by atoms with Crippen molar-refractivity contribution in [2.24, 2.45) is 0 Å². The molecule has 0 radical (unpaired) electrons. The Morgan fingerprint density at radius 2 is 1.83 bits per heavy atom. The molecule has 24 heavy (non-hydrogen) atoms. The molecule has 0 spiro atoms. The normalized spacial score (nSPS) is 13.5. The molecule has 4 nitrogen and oxygen atoms in total. The van der Waals surface area contributed by atoms with Crippen LogP contribution in [0.3, 0.4) is 0 Å². The zero-order valence-corrected chi connectivity index (χ0v) is 15.0. The van der Waals surface area contributed by atoms with Crippen LogP contribution >= 0.6 is 12.4 Å². The van der Waals surface area contributed by atoms with E-state index in [-0.39, 0.29) is 12.4 Å². The van der Waals surface area contributed by atoms with Gasteiger partial charge in [-0.3, -0.25) is 4.90 Å². The van der Waals surface area contributed by atoms with Crippen LogP contribution in [0.5, 0.6) is 11.5 Å². The molecule has 0 atom stereocenters. The monoisotopic (exact) mass is 348 g/mol. The van der Waals surface area contributed by atoms with E-state index in [4.69, 9.17) is 15.2 Å². The summed E-state index contributed by atoms with van der Waals surface area (Å²) in [4.78, 5) is 2.49. The molecule has 0 aromatic heterocycles. The van der Waals surface area contributed by atoms with E-state index in [1.165, 1.54) is 18.4 Å². The molecule has 2 N–H and O–H groups in total. The summed E-state index contributed by atoms with van der Waals surface area (Å²) in [5.74, 6) is 1.77. The van der Waals surface area contributed by atoms with Crippen molar-refractivity contribution in [3.05, 3.63) is 53.6 Å². The van der Waals surface area contributed by atoms with Gasteiger partial charge in [0.25, 0.3) is 0 Å². The average molecular weight is 349 g/mol. The zero-order chi connectivity index (χ0) is 16.2. The Bertz CT molecular complexity index is 674. The number of anilines is 1. The molecule has 1 aliphatic carbocycles. The Hall–Kier alpha value is -1.91. The fraction of sp³-hybridized carbons (Fsp3) is 0.368. The van der Waals surface area contributed by atoms with Gasteiger partial charge in [-0.25, -0.2) is 0 Å². The smallest absolute Gasteiger partial charge is 0.123 e. The molecule has 0 bridgehead atoms. The summed E-state index contributed by atoms with van der Waals surface area (Å²) < 4.78 is 10.9. The molecule has 5 heteroatoms. The van der Waals surface area contributed by atoms with E-state index in [9.17, 15) is 0 Å². The van der Waals surface area contributed by atoms with Crippen LogP contribution in [0.15, 0.2) is 42.5 Å². The van der Waals surface area contributed by atoms with Crippen molar-refractivity contribution >= 4 is 18.1 Å². The number of ether oxygens (including phenoxy) is 2. The van der Waals surface area contributed by atoms with Crippen molar-refractivity contribution in [1.29, 1.82) is 0 Å². The highest BCUT2D eigenvalue weighted by molar-refractivity contribution is 5.85. The molecule has 0 saturated heterocycles. The van der Waals surface area contributed by atoms with Crippen molar-refractivity contribution in [2.75, 3.05) is 20.0 Å². The van der Waals surface area contributed by atoms with Crippen LogP contribution in [-0.2, 0) is 13.1 Å². The second-order valence-corrected chi connectivity index (χ2v) is 6.06. The fourth-order valence-electron chi connectivity index (χ4n) is 2.90. The lowest BCUT2D eigenvalue weighted by atomic mass is 10.1. The topological polar surface area (TPSA) is 47.7 Å². The molecule has 0 aliphatic heterocycles. The Labute approximate surface area is 150 Å². The van der Waals surface area contributed by atoms with Gasteiger partial charge in [0.1, 0.15) is 11.5 Å². The molecular formula is C19H25ClN2O2. The third-order valence-electron chi connectivity index (χ3n) is 4.26. The van der Waals surface area contributed by atoms with Crippen LogP contribution in [0.2, 0.25) is 0 Å². The second-order valence-electron chi connectivity index (χ2n) is 6.06. The zero-order valence-electron chi connectivity index (χ0n) is 14.2. The number of hydrogen-bond acceptors (Lipinski definition) is 4. The molecule has 0 heterocycles. The Morgan fingerprint density at radius 1 is 1.04 bits per heavy atom.